The molecule has 1 saturated heterocycles. The fraction of sp³-hybridized carbons (Fsp3) is 0.556. The Labute approximate surface area is 148 Å². The van der Waals surface area contributed by atoms with Crippen LogP contribution in [-0.2, 0) is 6.42 Å². The summed E-state index contributed by atoms with van der Waals surface area (Å²) in [5, 5.41) is 15.6. The number of nitrogens with zero attached hydrogens (tertiary/aromatic N) is 3. The molecule has 3 rings (SSSR count). The van der Waals surface area contributed by atoms with Crippen molar-refractivity contribution in [3.8, 4) is 0 Å². The second-order valence-corrected chi connectivity index (χ2v) is 6.60. The molecule has 2 aromatic rings. The van der Waals surface area contributed by atoms with E-state index in [1.165, 1.54) is 19.3 Å². The molecule has 25 heavy (non-hydrogen) atoms. The van der Waals surface area contributed by atoms with Crippen LogP contribution in [0.15, 0.2) is 30.6 Å². The first kappa shape index (κ1) is 17.7. The van der Waals surface area contributed by atoms with E-state index < -0.39 is 6.10 Å². The Morgan fingerprint density at radius 3 is 2.88 bits per heavy atom. The first-order chi connectivity index (χ1) is 12.2. The lowest BCUT2D eigenvalue weighted by Gasteiger charge is -2.28. The third-order valence-electron chi connectivity index (χ3n) is 4.50. The minimum absolute atomic E-state index is 0.249. The number of nitrogens with one attached hydrogen (secondary N) is 2. The first-order valence-electron chi connectivity index (χ1n) is 9.05. The summed E-state index contributed by atoms with van der Waals surface area (Å²) in [7, 11) is 0. The summed E-state index contributed by atoms with van der Waals surface area (Å²) in [4.78, 5) is 18.6. The molecule has 136 valence electrons. The summed E-state index contributed by atoms with van der Waals surface area (Å²) < 4.78 is 1.96. The summed E-state index contributed by atoms with van der Waals surface area (Å²) in [5.74, 6) is 0. The number of fused-ring (bicyclic) bond motifs is 1. The van der Waals surface area contributed by atoms with E-state index in [2.05, 4.69) is 20.5 Å². The van der Waals surface area contributed by atoms with Crippen molar-refractivity contribution in [3.63, 3.8) is 0 Å². The number of carbonyl (C=O) groups is 1. The maximum Gasteiger partial charge on any atom is 0.314 e. The van der Waals surface area contributed by atoms with Crippen LogP contribution < -0.4 is 10.6 Å². The zero-order valence-electron chi connectivity index (χ0n) is 14.5. The van der Waals surface area contributed by atoms with Crippen LogP contribution in [0.1, 0.15) is 25.0 Å². The Morgan fingerprint density at radius 2 is 2.08 bits per heavy atom. The highest BCUT2D eigenvalue weighted by Crippen LogP contribution is 2.08. The molecule has 1 aliphatic heterocycles. The summed E-state index contributed by atoms with van der Waals surface area (Å²) in [5.41, 5.74) is 1.85. The van der Waals surface area contributed by atoms with Gasteiger partial charge in [0.15, 0.2) is 0 Å². The number of hydrogen-bond acceptors (Lipinski definition) is 4. The predicted octanol–water partition coefficient (Wildman–Crippen LogP) is 1.02. The second kappa shape index (κ2) is 8.82. The van der Waals surface area contributed by atoms with Gasteiger partial charge in [0.2, 0.25) is 0 Å². The van der Waals surface area contributed by atoms with Gasteiger partial charge in [-0.15, -0.1) is 0 Å². The van der Waals surface area contributed by atoms with Crippen LogP contribution >= 0.6 is 0 Å². The van der Waals surface area contributed by atoms with Gasteiger partial charge in [-0.3, -0.25) is 0 Å². The number of aliphatic hydroxyl groups is 1. The van der Waals surface area contributed by atoms with Crippen molar-refractivity contribution >= 4 is 11.7 Å². The lowest BCUT2D eigenvalue weighted by atomic mass is 10.1. The van der Waals surface area contributed by atoms with E-state index in [4.69, 9.17) is 0 Å². The third kappa shape index (κ3) is 5.44. The highest BCUT2D eigenvalue weighted by Gasteiger charge is 2.15. The molecule has 0 radical (unpaired) electrons. The number of aromatic nitrogens is 2. The normalized spacial score (nSPS) is 16.7. The third-order valence-corrected chi connectivity index (χ3v) is 4.50. The van der Waals surface area contributed by atoms with Crippen molar-refractivity contribution in [1.82, 2.24) is 24.9 Å². The fourth-order valence-electron chi connectivity index (χ4n) is 3.19. The van der Waals surface area contributed by atoms with Crippen LogP contribution in [0.5, 0.6) is 0 Å². The fourth-order valence-corrected chi connectivity index (χ4v) is 3.19. The molecule has 0 aromatic carbocycles. The average Bonchev–Trinajstić information content (AvgIpc) is 3.03. The van der Waals surface area contributed by atoms with Crippen molar-refractivity contribution in [1.29, 1.82) is 0 Å². The van der Waals surface area contributed by atoms with Crippen LogP contribution in [0.3, 0.4) is 0 Å². The minimum Gasteiger partial charge on any atom is -0.390 e. The Bertz CT molecular complexity index is 648. The lowest BCUT2D eigenvalue weighted by molar-refractivity contribution is 0.101. The molecule has 2 amide bonds. The number of β-amino-alcohol motifs (C(OH)–C–C–N with tert-alkyl or cyclic N) is 1. The molecule has 1 fully saturated rings. The second-order valence-electron chi connectivity index (χ2n) is 6.60. The number of likely N-dealkylation sites (tertiary alicyclic amines) is 1. The smallest absolute Gasteiger partial charge is 0.314 e. The van der Waals surface area contributed by atoms with E-state index in [1.807, 2.05) is 35.0 Å². The Morgan fingerprint density at radius 1 is 1.24 bits per heavy atom. The van der Waals surface area contributed by atoms with Crippen LogP contribution in [0.4, 0.5) is 4.79 Å². The molecule has 0 aliphatic carbocycles. The molecule has 7 heteroatoms. The molecule has 0 bridgehead atoms. The number of carbonyl (C=O) groups excluding carboxylic acids is 1. The van der Waals surface area contributed by atoms with Crippen LogP contribution in [0.25, 0.3) is 5.65 Å². The monoisotopic (exact) mass is 345 g/mol. The molecule has 1 aliphatic rings. The summed E-state index contributed by atoms with van der Waals surface area (Å²) in [6.45, 7) is 3.50. The van der Waals surface area contributed by atoms with Gasteiger partial charge < -0.3 is 25.0 Å². The SMILES string of the molecule is O=C(NCCc1cn2ccccc2n1)NC[C@@H](O)CN1CCCCC1. The summed E-state index contributed by atoms with van der Waals surface area (Å²) in [6, 6.07) is 5.61. The van der Waals surface area contributed by atoms with Gasteiger partial charge in [0.1, 0.15) is 5.65 Å². The van der Waals surface area contributed by atoms with Gasteiger partial charge >= 0.3 is 6.03 Å². The Kier molecular flexibility index (Phi) is 6.25. The number of hydrogen-bond donors (Lipinski definition) is 3. The van der Waals surface area contributed by atoms with Crippen molar-refractivity contribution in [3.05, 3.63) is 36.3 Å². The molecule has 1 atom stereocenters. The molecular formula is C18H27N5O2. The molecule has 3 heterocycles. The Balaban J connectivity index is 1.32. The van der Waals surface area contributed by atoms with Crippen molar-refractivity contribution < 1.29 is 9.90 Å². The minimum atomic E-state index is -0.526. The van der Waals surface area contributed by atoms with E-state index in [-0.39, 0.29) is 12.6 Å². The summed E-state index contributed by atoms with van der Waals surface area (Å²) >= 11 is 0. The van der Waals surface area contributed by atoms with Gasteiger partial charge in [-0.2, -0.15) is 0 Å². The van der Waals surface area contributed by atoms with E-state index in [0.29, 0.717) is 19.5 Å². The largest absolute Gasteiger partial charge is 0.390 e. The molecule has 0 spiro atoms. The molecule has 0 unspecified atom stereocenters. The summed E-state index contributed by atoms with van der Waals surface area (Å²) in [6.07, 6.45) is 7.74. The number of piperidine rings is 1. The number of imidazole rings is 1. The predicted molar refractivity (Wildman–Crippen MR) is 96.6 cm³/mol. The number of amides is 2. The molecular weight excluding hydrogens is 318 g/mol. The standard InChI is InChI=1S/C18H27N5O2/c24-16(14-22-9-3-1-4-10-22)12-20-18(25)19-8-7-15-13-23-11-5-2-6-17(23)21-15/h2,5-6,11,13,16,24H,1,3-4,7-10,12,14H2,(H2,19,20,25)/t16-/m1/s1. The number of rotatable bonds is 7. The van der Waals surface area contributed by atoms with Gasteiger partial charge in [0, 0.05) is 38.4 Å². The van der Waals surface area contributed by atoms with Crippen LogP contribution in [0.2, 0.25) is 0 Å². The molecule has 0 saturated carbocycles. The maximum absolute atomic E-state index is 11.8. The van der Waals surface area contributed by atoms with Gasteiger partial charge in [-0.1, -0.05) is 12.5 Å². The topological polar surface area (TPSA) is 81.9 Å². The number of pyridine rings is 1. The van der Waals surface area contributed by atoms with Gasteiger partial charge in [-0.05, 0) is 38.1 Å². The van der Waals surface area contributed by atoms with Gasteiger partial charge in [0.25, 0.3) is 0 Å². The first-order valence-corrected chi connectivity index (χ1v) is 9.05. The van der Waals surface area contributed by atoms with Crippen LogP contribution in [-0.4, -0.2) is 64.2 Å². The van der Waals surface area contributed by atoms with E-state index in [0.717, 1.165) is 24.4 Å². The van der Waals surface area contributed by atoms with Gasteiger partial charge in [0.05, 0.1) is 11.8 Å². The zero-order valence-corrected chi connectivity index (χ0v) is 14.5. The maximum atomic E-state index is 11.8. The average molecular weight is 345 g/mol. The number of aliphatic hydroxyl groups excluding tert-OH is 1. The highest BCUT2D eigenvalue weighted by molar-refractivity contribution is 5.73. The quantitative estimate of drug-likeness (QED) is 0.700. The lowest BCUT2D eigenvalue weighted by Crippen LogP contribution is -2.45. The number of urea groups is 1. The van der Waals surface area contributed by atoms with Crippen molar-refractivity contribution in [2.24, 2.45) is 0 Å². The van der Waals surface area contributed by atoms with Crippen molar-refractivity contribution in [2.45, 2.75) is 31.8 Å². The molecule has 7 nitrogen and oxygen atoms in total. The van der Waals surface area contributed by atoms with E-state index >= 15 is 0 Å². The van der Waals surface area contributed by atoms with E-state index in [1.54, 1.807) is 0 Å². The Hall–Kier alpha value is -2.12. The van der Waals surface area contributed by atoms with Crippen LogP contribution in [0, 0.1) is 0 Å². The highest BCUT2D eigenvalue weighted by atomic mass is 16.3. The van der Waals surface area contributed by atoms with Gasteiger partial charge in [-0.25, -0.2) is 9.78 Å². The zero-order chi connectivity index (χ0) is 17.5. The molecule has 3 N–H and O–H groups in total. The van der Waals surface area contributed by atoms with Crippen molar-refractivity contribution in [2.75, 3.05) is 32.7 Å². The molecule has 2 aromatic heterocycles. The van der Waals surface area contributed by atoms with E-state index in [9.17, 15) is 9.90 Å².